The van der Waals surface area contributed by atoms with Crippen molar-refractivity contribution >= 4 is 117 Å². The zero-order valence-corrected chi connectivity index (χ0v) is 39.6. The normalized spacial score (nSPS) is 11.8. The number of anilines is 5. The first-order chi connectivity index (χ1) is 36.2. The molecule has 344 valence electrons. The highest BCUT2D eigenvalue weighted by atomic mass is 16.3. The fraction of sp³-hybridized carbons (Fsp3) is 0. The van der Waals surface area contributed by atoms with Gasteiger partial charge in [-0.1, -0.05) is 189 Å². The van der Waals surface area contributed by atoms with Crippen LogP contribution >= 0.6 is 0 Å². The van der Waals surface area contributed by atoms with Crippen LogP contribution in [0.25, 0.3) is 111 Å². The van der Waals surface area contributed by atoms with Gasteiger partial charge in [0.1, 0.15) is 22.3 Å². The Morgan fingerprint density at radius 3 is 1.59 bits per heavy atom. The summed E-state index contributed by atoms with van der Waals surface area (Å²) in [5.41, 5.74) is 16.4. The molecule has 3 heterocycles. The molecule has 0 saturated heterocycles. The lowest BCUT2D eigenvalue weighted by Crippen LogP contribution is -2.11. The number of nitrogens with zero attached hydrogens (tertiary/aromatic N) is 2. The molecular weight excluding hydrogens is 893 g/mol. The van der Waals surface area contributed by atoms with Crippen molar-refractivity contribution in [1.29, 1.82) is 0 Å². The molecule has 5 heteroatoms. The van der Waals surface area contributed by atoms with Crippen LogP contribution in [-0.2, 0) is 0 Å². The standard InChI is InChI=1S/C68H44N2O3/c1-2-49-46(41-42-69(57-29-13-9-23-50(57)44-19-5-3-6-20-44)59-31-17-27-55-53-25-11-15-33-61(53)72-67(55)59)35-39-63-65(49)66-52-38-37-48(43-47(52)36-40-64(66)71-63)70(58-30-14-10-24-51(58)45-21-7-4-8-22-45)60-32-18-28-56-54-26-12-16-34-62(54)73-68(56)60/h2-43H,1H2/b42-41+. The molecular formula is C68H44N2O3. The number of rotatable bonds is 10. The Labute approximate surface area is 421 Å². The molecule has 0 fully saturated rings. The second-order valence-electron chi connectivity index (χ2n) is 18.4. The summed E-state index contributed by atoms with van der Waals surface area (Å²) in [6.45, 7) is 4.43. The summed E-state index contributed by atoms with van der Waals surface area (Å²) in [5.74, 6) is 0. The van der Waals surface area contributed by atoms with Gasteiger partial charge in [-0.05, 0) is 99.8 Å². The molecule has 14 rings (SSSR count). The van der Waals surface area contributed by atoms with E-state index >= 15 is 0 Å². The molecule has 5 nitrogen and oxygen atoms in total. The third-order valence-electron chi connectivity index (χ3n) is 14.3. The maximum Gasteiger partial charge on any atom is 0.159 e. The van der Waals surface area contributed by atoms with Gasteiger partial charge in [0, 0.05) is 55.3 Å². The van der Waals surface area contributed by atoms with Gasteiger partial charge in [-0.3, -0.25) is 0 Å². The first kappa shape index (κ1) is 42.1. The van der Waals surface area contributed by atoms with Crippen molar-refractivity contribution in [3.63, 3.8) is 0 Å². The third kappa shape index (κ3) is 6.93. The molecule has 0 aliphatic carbocycles. The van der Waals surface area contributed by atoms with Gasteiger partial charge >= 0.3 is 0 Å². The largest absolute Gasteiger partial charge is 0.456 e. The fourth-order valence-corrected chi connectivity index (χ4v) is 11.0. The van der Waals surface area contributed by atoms with E-state index in [0.717, 1.165) is 138 Å². The first-order valence-electron chi connectivity index (χ1n) is 24.6. The maximum atomic E-state index is 6.74. The molecule has 0 spiro atoms. The molecule has 0 saturated carbocycles. The molecule has 73 heavy (non-hydrogen) atoms. The molecule has 0 amide bonds. The van der Waals surface area contributed by atoms with Crippen molar-refractivity contribution in [3.05, 3.63) is 260 Å². The predicted molar refractivity (Wildman–Crippen MR) is 305 cm³/mol. The minimum Gasteiger partial charge on any atom is -0.456 e. The summed E-state index contributed by atoms with van der Waals surface area (Å²) in [7, 11) is 0. The lowest BCUT2D eigenvalue weighted by Gasteiger charge is -2.28. The van der Waals surface area contributed by atoms with Crippen molar-refractivity contribution in [2.75, 3.05) is 9.80 Å². The van der Waals surface area contributed by atoms with E-state index in [1.807, 2.05) is 30.3 Å². The lowest BCUT2D eigenvalue weighted by atomic mass is 9.96. The van der Waals surface area contributed by atoms with E-state index in [2.05, 4.69) is 241 Å². The molecule has 0 bridgehead atoms. The number of hydrogen-bond acceptors (Lipinski definition) is 5. The molecule has 11 aromatic carbocycles. The highest BCUT2D eigenvalue weighted by Gasteiger charge is 2.24. The number of benzene rings is 11. The minimum atomic E-state index is 0.798. The minimum absolute atomic E-state index is 0.798. The molecule has 0 atom stereocenters. The van der Waals surface area contributed by atoms with E-state index in [9.17, 15) is 0 Å². The van der Waals surface area contributed by atoms with Crippen molar-refractivity contribution < 1.29 is 13.3 Å². The summed E-state index contributed by atoms with van der Waals surface area (Å²) in [6.07, 6.45) is 6.31. The van der Waals surface area contributed by atoms with E-state index in [1.165, 1.54) is 0 Å². The lowest BCUT2D eigenvalue weighted by molar-refractivity contribution is 0.668. The number of para-hydroxylation sites is 6. The van der Waals surface area contributed by atoms with Gasteiger partial charge in [0.25, 0.3) is 0 Å². The molecule has 0 unspecified atom stereocenters. The van der Waals surface area contributed by atoms with Crippen LogP contribution in [0.15, 0.2) is 263 Å². The van der Waals surface area contributed by atoms with Crippen LogP contribution in [0.1, 0.15) is 11.1 Å². The number of furan rings is 3. The van der Waals surface area contributed by atoms with Crippen molar-refractivity contribution in [2.24, 2.45) is 0 Å². The maximum absolute atomic E-state index is 6.74. The van der Waals surface area contributed by atoms with Gasteiger partial charge < -0.3 is 23.1 Å². The molecule has 14 aromatic rings. The Balaban J connectivity index is 0.944. The second-order valence-corrected chi connectivity index (χ2v) is 18.4. The van der Waals surface area contributed by atoms with Crippen LogP contribution < -0.4 is 9.80 Å². The quantitative estimate of drug-likeness (QED) is 0.137. The Hall–Kier alpha value is -9.84. The summed E-state index contributed by atoms with van der Waals surface area (Å²) in [4.78, 5) is 4.60. The molecule has 0 aliphatic heterocycles. The summed E-state index contributed by atoms with van der Waals surface area (Å²) in [5, 5.41) is 8.51. The molecule has 0 aliphatic rings. The van der Waals surface area contributed by atoms with Crippen LogP contribution in [-0.4, -0.2) is 0 Å². The average molecular weight is 937 g/mol. The monoisotopic (exact) mass is 936 g/mol. The summed E-state index contributed by atoms with van der Waals surface area (Å²) in [6, 6.07) is 82.8. The average Bonchev–Trinajstić information content (AvgIpc) is 4.16. The van der Waals surface area contributed by atoms with Gasteiger partial charge in [-0.15, -0.1) is 0 Å². The molecule has 0 N–H and O–H groups in total. The Bertz CT molecular complexity index is 4480. The number of hydrogen-bond donors (Lipinski definition) is 0. The molecule has 3 aromatic heterocycles. The summed E-state index contributed by atoms with van der Waals surface area (Å²) < 4.78 is 20.1. The van der Waals surface area contributed by atoms with E-state index in [4.69, 9.17) is 13.3 Å². The Morgan fingerprint density at radius 2 is 0.904 bits per heavy atom. The number of fused-ring (bicyclic) bond motifs is 11. The first-order valence-corrected chi connectivity index (χ1v) is 24.6. The van der Waals surface area contributed by atoms with Crippen LogP contribution in [0, 0.1) is 0 Å². The van der Waals surface area contributed by atoms with E-state index in [0.29, 0.717) is 0 Å². The smallest absolute Gasteiger partial charge is 0.159 e. The molecule has 0 radical (unpaired) electrons. The predicted octanol–water partition coefficient (Wildman–Crippen LogP) is 19.8. The highest BCUT2D eigenvalue weighted by molar-refractivity contribution is 6.22. The SMILES string of the molecule is C=Cc1c(/C=C/N(c2ccccc2-c2ccccc2)c2cccc3c2oc2ccccc23)ccc2oc3ccc4cc(N(c5ccccc5-c5ccccc5)c5cccc6c5oc5ccccc56)ccc4c3c12. The van der Waals surface area contributed by atoms with Crippen LogP contribution in [0.2, 0.25) is 0 Å². The zero-order chi connectivity index (χ0) is 48.4. The topological polar surface area (TPSA) is 45.9 Å². The van der Waals surface area contributed by atoms with Gasteiger partial charge in [-0.2, -0.15) is 0 Å². The van der Waals surface area contributed by atoms with E-state index < -0.39 is 0 Å². The van der Waals surface area contributed by atoms with Crippen LogP contribution in [0.4, 0.5) is 28.4 Å². The van der Waals surface area contributed by atoms with Gasteiger partial charge in [-0.25, -0.2) is 0 Å². The Morgan fingerprint density at radius 1 is 0.370 bits per heavy atom. The second kappa shape index (κ2) is 17.2. The van der Waals surface area contributed by atoms with Crippen LogP contribution in [0.5, 0.6) is 0 Å². The van der Waals surface area contributed by atoms with E-state index in [1.54, 1.807) is 0 Å². The van der Waals surface area contributed by atoms with Crippen molar-refractivity contribution in [1.82, 2.24) is 0 Å². The van der Waals surface area contributed by atoms with Crippen molar-refractivity contribution in [3.8, 4) is 22.3 Å². The Kier molecular flexibility index (Phi) is 9.93. The van der Waals surface area contributed by atoms with Gasteiger partial charge in [0.05, 0.1) is 22.7 Å². The van der Waals surface area contributed by atoms with Gasteiger partial charge in [0.15, 0.2) is 11.2 Å². The van der Waals surface area contributed by atoms with Crippen LogP contribution in [0.3, 0.4) is 0 Å². The van der Waals surface area contributed by atoms with Crippen molar-refractivity contribution in [2.45, 2.75) is 0 Å². The van der Waals surface area contributed by atoms with Gasteiger partial charge in [0.2, 0.25) is 0 Å². The van der Waals surface area contributed by atoms with E-state index in [-0.39, 0.29) is 0 Å². The summed E-state index contributed by atoms with van der Waals surface area (Å²) >= 11 is 0. The zero-order valence-electron chi connectivity index (χ0n) is 39.6. The third-order valence-corrected chi connectivity index (χ3v) is 14.3. The highest BCUT2D eigenvalue weighted by Crippen LogP contribution is 2.48. The fourth-order valence-electron chi connectivity index (χ4n) is 11.0.